The van der Waals surface area contributed by atoms with Crippen LogP contribution in [-0.2, 0) is 20.1 Å². The maximum Gasteiger partial charge on any atom is 0.332 e. The van der Waals surface area contributed by atoms with Crippen molar-refractivity contribution in [2.45, 2.75) is 26.4 Å². The first-order chi connectivity index (χ1) is 9.56. The molecule has 2 heterocycles. The summed E-state index contributed by atoms with van der Waals surface area (Å²) in [5.41, 5.74) is 5.31. The summed E-state index contributed by atoms with van der Waals surface area (Å²) in [6.45, 7) is 2.73. The van der Waals surface area contributed by atoms with E-state index in [9.17, 15) is 9.59 Å². The van der Waals surface area contributed by atoms with Gasteiger partial charge in [-0.2, -0.15) is 0 Å². The van der Waals surface area contributed by atoms with Crippen LogP contribution in [-0.4, -0.2) is 19.1 Å². The largest absolute Gasteiger partial charge is 0.383 e. The van der Waals surface area contributed by atoms with Gasteiger partial charge in [0.1, 0.15) is 17.3 Å². The minimum Gasteiger partial charge on any atom is -0.383 e. The monoisotopic (exact) mass is 278 g/mol. The van der Waals surface area contributed by atoms with Crippen LogP contribution in [0, 0.1) is 0 Å². The van der Waals surface area contributed by atoms with Crippen molar-refractivity contribution in [2.75, 3.05) is 11.1 Å². The number of rotatable bonds is 5. The summed E-state index contributed by atoms with van der Waals surface area (Å²) in [5, 5.41) is 2.94. The average Bonchev–Trinajstić information content (AvgIpc) is 2.94. The van der Waals surface area contributed by atoms with Crippen molar-refractivity contribution < 1.29 is 0 Å². The third-order valence-electron chi connectivity index (χ3n) is 3.02. The van der Waals surface area contributed by atoms with E-state index in [1.165, 1.54) is 11.6 Å². The fraction of sp³-hybridized carbons (Fsp3) is 0.417. The van der Waals surface area contributed by atoms with Crippen LogP contribution < -0.4 is 22.3 Å². The number of anilines is 2. The number of nitrogen functional groups attached to an aromatic ring is 1. The van der Waals surface area contributed by atoms with E-state index < -0.39 is 11.2 Å². The Balaban J connectivity index is 2.41. The second-order valence-corrected chi connectivity index (χ2v) is 4.45. The summed E-state index contributed by atoms with van der Waals surface area (Å²) < 4.78 is 2.45. The van der Waals surface area contributed by atoms with E-state index in [1.54, 1.807) is 12.4 Å². The highest BCUT2D eigenvalue weighted by molar-refractivity contribution is 5.60. The predicted octanol–water partition coefficient (Wildman–Crippen LogP) is -0.126. The lowest BCUT2D eigenvalue weighted by atomic mass is 10.4. The molecular formula is C12H18N6O2. The first kappa shape index (κ1) is 13.9. The van der Waals surface area contributed by atoms with Crippen molar-refractivity contribution in [1.82, 2.24) is 19.1 Å². The lowest BCUT2D eigenvalue weighted by molar-refractivity contribution is 0.600. The Morgan fingerprint density at radius 1 is 1.45 bits per heavy atom. The van der Waals surface area contributed by atoms with Gasteiger partial charge in [-0.3, -0.25) is 13.9 Å². The van der Waals surface area contributed by atoms with Crippen LogP contribution in [0.15, 0.2) is 22.0 Å². The molecule has 0 amide bonds. The lowest BCUT2D eigenvalue weighted by Gasteiger charge is -2.15. The van der Waals surface area contributed by atoms with Gasteiger partial charge in [0.2, 0.25) is 0 Å². The van der Waals surface area contributed by atoms with Crippen LogP contribution in [0.5, 0.6) is 0 Å². The topological polar surface area (TPSA) is 111 Å². The van der Waals surface area contributed by atoms with Crippen molar-refractivity contribution in [2.24, 2.45) is 7.05 Å². The molecule has 0 unspecified atom stereocenters. The molecule has 0 atom stereocenters. The van der Waals surface area contributed by atoms with Crippen molar-refractivity contribution in [3.8, 4) is 0 Å². The second kappa shape index (κ2) is 5.64. The van der Waals surface area contributed by atoms with E-state index in [0.717, 1.165) is 11.0 Å². The van der Waals surface area contributed by atoms with E-state index in [1.807, 2.05) is 6.92 Å². The molecule has 0 aliphatic rings. The molecule has 108 valence electrons. The van der Waals surface area contributed by atoms with Crippen molar-refractivity contribution in [3.05, 3.63) is 39.1 Å². The molecule has 0 aliphatic carbocycles. The van der Waals surface area contributed by atoms with Crippen LogP contribution in [0.1, 0.15) is 19.2 Å². The second-order valence-electron chi connectivity index (χ2n) is 4.45. The fourth-order valence-electron chi connectivity index (χ4n) is 1.96. The Morgan fingerprint density at radius 2 is 2.20 bits per heavy atom. The molecule has 0 fully saturated rings. The normalized spacial score (nSPS) is 10.7. The van der Waals surface area contributed by atoms with Gasteiger partial charge in [0.15, 0.2) is 0 Å². The maximum atomic E-state index is 12.1. The summed E-state index contributed by atoms with van der Waals surface area (Å²) in [4.78, 5) is 31.1. The van der Waals surface area contributed by atoms with Gasteiger partial charge in [0.25, 0.3) is 5.56 Å². The van der Waals surface area contributed by atoms with Gasteiger partial charge in [-0.15, -0.1) is 0 Å². The Kier molecular flexibility index (Phi) is 3.92. The lowest BCUT2D eigenvalue weighted by Crippen LogP contribution is -2.40. The van der Waals surface area contributed by atoms with Gasteiger partial charge < -0.3 is 16.0 Å². The van der Waals surface area contributed by atoms with Gasteiger partial charge in [-0.25, -0.2) is 9.78 Å². The number of hydrogen-bond acceptors (Lipinski definition) is 5. The molecule has 20 heavy (non-hydrogen) atoms. The minimum atomic E-state index is -0.439. The van der Waals surface area contributed by atoms with E-state index in [0.29, 0.717) is 18.9 Å². The molecular weight excluding hydrogens is 260 g/mol. The first-order valence-electron chi connectivity index (χ1n) is 6.37. The fourth-order valence-corrected chi connectivity index (χ4v) is 1.96. The number of hydrogen-bond donors (Lipinski definition) is 3. The van der Waals surface area contributed by atoms with Gasteiger partial charge in [0.05, 0.1) is 6.54 Å². The molecule has 8 heteroatoms. The molecule has 0 aliphatic heterocycles. The third-order valence-corrected chi connectivity index (χ3v) is 3.02. The Hall–Kier alpha value is -2.51. The summed E-state index contributed by atoms with van der Waals surface area (Å²) in [5.74, 6) is 0.839. The quantitative estimate of drug-likeness (QED) is 0.706. The molecule has 0 saturated carbocycles. The zero-order valence-corrected chi connectivity index (χ0v) is 11.5. The van der Waals surface area contributed by atoms with Crippen LogP contribution in [0.3, 0.4) is 0 Å². The van der Waals surface area contributed by atoms with Crippen LogP contribution in [0.25, 0.3) is 0 Å². The molecule has 0 saturated heterocycles. The van der Waals surface area contributed by atoms with Crippen LogP contribution >= 0.6 is 0 Å². The maximum absolute atomic E-state index is 12.1. The number of H-pyrrole nitrogens is 1. The molecule has 2 aromatic rings. The average molecular weight is 278 g/mol. The Morgan fingerprint density at radius 3 is 2.80 bits per heavy atom. The van der Waals surface area contributed by atoms with Crippen molar-refractivity contribution in [1.29, 1.82) is 0 Å². The molecule has 0 radical (unpaired) electrons. The summed E-state index contributed by atoms with van der Waals surface area (Å²) in [7, 11) is 1.44. The number of nitrogens with one attached hydrogen (secondary N) is 2. The minimum absolute atomic E-state index is 0.159. The predicted molar refractivity (Wildman–Crippen MR) is 76.6 cm³/mol. The standard InChI is InChI=1S/C12H18N6O2/c1-3-6-18-10(13)9(11(19)17(2)12(18)20)16-7-8-14-4-5-15-8/h4-5,16H,3,6-7,13H2,1-2H3,(H,14,15). The molecule has 0 aromatic carbocycles. The third kappa shape index (κ3) is 2.44. The molecule has 2 aromatic heterocycles. The van der Waals surface area contributed by atoms with Crippen LogP contribution in [0.2, 0.25) is 0 Å². The highest BCUT2D eigenvalue weighted by atomic mass is 16.2. The Labute approximate surface area is 115 Å². The van der Waals surface area contributed by atoms with E-state index in [4.69, 9.17) is 5.73 Å². The SMILES string of the molecule is CCCn1c(N)c(NCc2ncc[nH]2)c(=O)n(C)c1=O. The molecule has 4 N–H and O–H groups in total. The molecule has 0 bridgehead atoms. The molecule has 8 nitrogen and oxygen atoms in total. The van der Waals surface area contributed by atoms with E-state index in [2.05, 4.69) is 15.3 Å². The van der Waals surface area contributed by atoms with E-state index in [-0.39, 0.29) is 11.5 Å². The number of aromatic amines is 1. The first-order valence-corrected chi connectivity index (χ1v) is 6.37. The summed E-state index contributed by atoms with van der Waals surface area (Å²) >= 11 is 0. The van der Waals surface area contributed by atoms with Gasteiger partial charge >= 0.3 is 5.69 Å². The van der Waals surface area contributed by atoms with E-state index >= 15 is 0 Å². The summed E-state index contributed by atoms with van der Waals surface area (Å²) in [6, 6.07) is 0. The number of nitrogens with zero attached hydrogens (tertiary/aromatic N) is 3. The smallest absolute Gasteiger partial charge is 0.332 e. The number of aromatic nitrogens is 4. The van der Waals surface area contributed by atoms with Gasteiger partial charge in [0, 0.05) is 26.0 Å². The number of imidazole rings is 1. The highest BCUT2D eigenvalue weighted by Gasteiger charge is 2.14. The van der Waals surface area contributed by atoms with Crippen molar-refractivity contribution in [3.63, 3.8) is 0 Å². The zero-order chi connectivity index (χ0) is 14.7. The summed E-state index contributed by atoms with van der Waals surface area (Å²) in [6.07, 6.45) is 4.06. The zero-order valence-electron chi connectivity index (χ0n) is 11.5. The number of nitrogens with two attached hydrogens (primary N) is 1. The van der Waals surface area contributed by atoms with Gasteiger partial charge in [-0.05, 0) is 6.42 Å². The highest BCUT2D eigenvalue weighted by Crippen LogP contribution is 2.11. The molecule has 0 spiro atoms. The molecule has 2 rings (SSSR count). The van der Waals surface area contributed by atoms with Crippen LogP contribution in [0.4, 0.5) is 11.5 Å². The van der Waals surface area contributed by atoms with Gasteiger partial charge in [-0.1, -0.05) is 6.92 Å². The van der Waals surface area contributed by atoms with Crippen molar-refractivity contribution >= 4 is 11.5 Å². The Bertz CT molecular complexity index is 698.